The van der Waals surface area contributed by atoms with E-state index in [0.717, 1.165) is 24.3 Å². The maximum absolute atomic E-state index is 14.4. The molecule has 3 rings (SSSR count). The third kappa shape index (κ3) is 4.70. The molecule has 162 valence electrons. The highest BCUT2D eigenvalue weighted by Crippen LogP contribution is 2.34. The number of benzene rings is 3. The molecule has 3 aromatic rings. The summed E-state index contributed by atoms with van der Waals surface area (Å²) in [5.74, 6) is -8.50. The van der Waals surface area contributed by atoms with E-state index in [2.05, 4.69) is 4.74 Å². The second-order valence-corrected chi connectivity index (χ2v) is 6.50. The molecule has 2 nitrogen and oxygen atoms in total. The van der Waals surface area contributed by atoms with Gasteiger partial charge >= 0.3 is 6.11 Å². The first-order chi connectivity index (χ1) is 14.6. The molecule has 0 aliphatic heterocycles. The van der Waals surface area contributed by atoms with Crippen molar-refractivity contribution in [3.8, 4) is 16.9 Å². The monoisotopic (exact) mass is 442 g/mol. The Morgan fingerprint density at radius 3 is 2.00 bits per heavy atom. The van der Waals surface area contributed by atoms with E-state index >= 15 is 0 Å². The van der Waals surface area contributed by atoms with Crippen LogP contribution in [-0.4, -0.2) is 6.29 Å². The number of halogens is 7. The second kappa shape index (κ2) is 8.79. The van der Waals surface area contributed by atoms with E-state index in [1.807, 2.05) is 0 Å². The minimum Gasteiger partial charge on any atom is -0.429 e. The van der Waals surface area contributed by atoms with Crippen LogP contribution < -0.4 is 4.74 Å². The highest BCUT2D eigenvalue weighted by molar-refractivity contribution is 5.65. The molecule has 0 saturated heterocycles. The second-order valence-electron chi connectivity index (χ2n) is 6.50. The SMILES string of the molecule is O=CCCc1ccc(-c2ccc(C(F)(F)Oc3cc(F)c(F)c(F)c3)cc2)c(F)c1F. The summed E-state index contributed by atoms with van der Waals surface area (Å²) in [6.45, 7) is 0. The minimum absolute atomic E-state index is 0.00339. The van der Waals surface area contributed by atoms with Gasteiger partial charge in [-0.3, -0.25) is 0 Å². The zero-order valence-corrected chi connectivity index (χ0v) is 15.6. The Kier molecular flexibility index (Phi) is 6.33. The van der Waals surface area contributed by atoms with E-state index in [0.29, 0.717) is 6.29 Å². The van der Waals surface area contributed by atoms with Crippen molar-refractivity contribution in [1.82, 2.24) is 0 Å². The average Bonchev–Trinajstić information content (AvgIpc) is 2.73. The maximum Gasteiger partial charge on any atom is 0.426 e. The van der Waals surface area contributed by atoms with E-state index in [1.54, 1.807) is 0 Å². The predicted molar refractivity (Wildman–Crippen MR) is 97.0 cm³/mol. The van der Waals surface area contributed by atoms with Crippen molar-refractivity contribution in [3.05, 3.63) is 88.7 Å². The number of carbonyl (C=O) groups excluding carboxylic acids is 1. The van der Waals surface area contributed by atoms with Gasteiger partial charge in [-0.15, -0.1) is 0 Å². The molecule has 0 fully saturated rings. The largest absolute Gasteiger partial charge is 0.429 e. The summed E-state index contributed by atoms with van der Waals surface area (Å²) in [4.78, 5) is 10.4. The number of hydrogen-bond acceptors (Lipinski definition) is 2. The zero-order chi connectivity index (χ0) is 22.8. The zero-order valence-electron chi connectivity index (χ0n) is 15.6. The van der Waals surface area contributed by atoms with Gasteiger partial charge in [0.15, 0.2) is 29.1 Å². The highest BCUT2D eigenvalue weighted by Gasteiger charge is 2.35. The van der Waals surface area contributed by atoms with Crippen LogP contribution in [-0.2, 0) is 17.3 Å². The molecule has 3 aromatic carbocycles. The van der Waals surface area contributed by atoms with Crippen LogP contribution in [0.15, 0.2) is 48.5 Å². The molecule has 0 amide bonds. The molecule has 0 bridgehead atoms. The van der Waals surface area contributed by atoms with Crippen LogP contribution in [0.4, 0.5) is 30.7 Å². The summed E-state index contributed by atoms with van der Waals surface area (Å²) in [6, 6.07) is 6.98. The Morgan fingerprint density at radius 2 is 1.42 bits per heavy atom. The smallest absolute Gasteiger partial charge is 0.426 e. The van der Waals surface area contributed by atoms with Crippen molar-refractivity contribution in [2.75, 3.05) is 0 Å². The van der Waals surface area contributed by atoms with Gasteiger partial charge < -0.3 is 9.53 Å². The average molecular weight is 442 g/mol. The van der Waals surface area contributed by atoms with Crippen LogP contribution in [0.2, 0.25) is 0 Å². The van der Waals surface area contributed by atoms with Crippen molar-refractivity contribution in [3.63, 3.8) is 0 Å². The van der Waals surface area contributed by atoms with Crippen LogP contribution in [0.25, 0.3) is 11.1 Å². The predicted octanol–water partition coefficient (Wildman–Crippen LogP) is 6.31. The minimum atomic E-state index is -4.06. The van der Waals surface area contributed by atoms with Crippen molar-refractivity contribution >= 4 is 6.29 Å². The maximum atomic E-state index is 14.4. The summed E-state index contributed by atoms with van der Waals surface area (Å²) >= 11 is 0. The Bertz CT molecular complexity index is 1090. The van der Waals surface area contributed by atoms with Gasteiger partial charge in [-0.1, -0.05) is 24.3 Å². The lowest BCUT2D eigenvalue weighted by Crippen LogP contribution is -2.22. The van der Waals surface area contributed by atoms with Gasteiger partial charge in [0.2, 0.25) is 0 Å². The van der Waals surface area contributed by atoms with Crippen LogP contribution in [0.5, 0.6) is 5.75 Å². The van der Waals surface area contributed by atoms with Crippen LogP contribution in [0.1, 0.15) is 17.5 Å². The number of rotatable bonds is 7. The van der Waals surface area contributed by atoms with Gasteiger partial charge in [0.25, 0.3) is 0 Å². The number of aryl methyl sites for hydroxylation is 1. The normalized spacial score (nSPS) is 11.5. The van der Waals surface area contributed by atoms with Crippen molar-refractivity contribution in [1.29, 1.82) is 0 Å². The first-order valence-electron chi connectivity index (χ1n) is 8.87. The van der Waals surface area contributed by atoms with E-state index in [-0.39, 0.29) is 41.7 Å². The molecule has 0 aliphatic carbocycles. The summed E-state index contributed by atoms with van der Waals surface area (Å²) in [5.41, 5.74) is -0.851. The Labute approximate surface area is 171 Å². The number of hydrogen-bond donors (Lipinski definition) is 0. The molecule has 0 atom stereocenters. The lowest BCUT2D eigenvalue weighted by molar-refractivity contribution is -0.185. The van der Waals surface area contributed by atoms with E-state index < -0.39 is 46.5 Å². The molecule has 31 heavy (non-hydrogen) atoms. The number of alkyl halides is 2. The summed E-state index contributed by atoms with van der Waals surface area (Å²) in [6.07, 6.45) is -3.46. The van der Waals surface area contributed by atoms with Crippen molar-refractivity contribution in [2.24, 2.45) is 0 Å². The molecule has 0 N–H and O–H groups in total. The first kappa shape index (κ1) is 22.3. The molecule has 0 saturated carbocycles. The number of carbonyl (C=O) groups is 1. The third-order valence-corrected chi connectivity index (χ3v) is 4.43. The molecule has 0 aromatic heterocycles. The molecule has 0 spiro atoms. The molecular formula is C22H13F7O2. The fourth-order valence-electron chi connectivity index (χ4n) is 2.86. The third-order valence-electron chi connectivity index (χ3n) is 4.43. The van der Waals surface area contributed by atoms with Gasteiger partial charge in [-0.25, -0.2) is 22.0 Å². The van der Waals surface area contributed by atoms with Crippen LogP contribution in [0.3, 0.4) is 0 Å². The van der Waals surface area contributed by atoms with E-state index in [9.17, 15) is 35.5 Å². The fraction of sp³-hybridized carbons (Fsp3) is 0.136. The lowest BCUT2D eigenvalue weighted by Gasteiger charge is -2.19. The number of aldehydes is 1. The van der Waals surface area contributed by atoms with E-state index in [1.165, 1.54) is 12.1 Å². The van der Waals surface area contributed by atoms with Gasteiger partial charge in [0.05, 0.1) is 5.56 Å². The Hall–Kier alpha value is -3.36. The Morgan fingerprint density at radius 1 is 0.806 bits per heavy atom. The number of ether oxygens (including phenoxy) is 1. The van der Waals surface area contributed by atoms with Gasteiger partial charge in [-0.2, -0.15) is 8.78 Å². The molecule has 0 unspecified atom stereocenters. The molecular weight excluding hydrogens is 429 g/mol. The topological polar surface area (TPSA) is 26.3 Å². The summed E-state index contributed by atoms with van der Waals surface area (Å²) < 4.78 is 101. The van der Waals surface area contributed by atoms with Gasteiger partial charge in [0.1, 0.15) is 12.0 Å². The first-order valence-corrected chi connectivity index (χ1v) is 8.87. The highest BCUT2D eigenvalue weighted by atomic mass is 19.3. The van der Waals surface area contributed by atoms with Gasteiger partial charge in [0, 0.05) is 24.1 Å². The molecule has 0 aliphatic rings. The van der Waals surface area contributed by atoms with Crippen LogP contribution >= 0.6 is 0 Å². The quantitative estimate of drug-likeness (QED) is 0.244. The summed E-state index contributed by atoms with van der Waals surface area (Å²) in [5, 5.41) is 0. The van der Waals surface area contributed by atoms with Crippen LogP contribution in [0, 0.1) is 29.1 Å². The van der Waals surface area contributed by atoms with Crippen molar-refractivity contribution < 1.29 is 40.3 Å². The Balaban J connectivity index is 1.85. The fourth-order valence-corrected chi connectivity index (χ4v) is 2.86. The van der Waals surface area contributed by atoms with E-state index in [4.69, 9.17) is 0 Å². The molecule has 0 radical (unpaired) electrons. The van der Waals surface area contributed by atoms with Gasteiger partial charge in [-0.05, 0) is 29.7 Å². The molecule has 9 heteroatoms. The molecule has 0 heterocycles. The summed E-state index contributed by atoms with van der Waals surface area (Å²) in [7, 11) is 0. The lowest BCUT2D eigenvalue weighted by atomic mass is 9.99. The van der Waals surface area contributed by atoms with Crippen molar-refractivity contribution in [2.45, 2.75) is 19.0 Å². The standard InChI is InChI=1S/C22H13F7O2/c23-17-10-15(11-18(24)21(17)27)31-22(28,29)14-6-3-12(4-7-14)16-8-5-13(2-1-9-30)19(25)20(16)26/h3-11H,1-2H2.